The fourth-order valence-corrected chi connectivity index (χ4v) is 2.41. The highest BCUT2D eigenvalue weighted by Crippen LogP contribution is 2.27. The van der Waals surface area contributed by atoms with Crippen LogP contribution >= 0.6 is 23.4 Å². The summed E-state index contributed by atoms with van der Waals surface area (Å²) in [5.74, 6) is 0.386. The van der Waals surface area contributed by atoms with E-state index in [4.69, 9.17) is 22.1 Å². The number of nitrogens with two attached hydrogens (primary N) is 1. The molecule has 0 aromatic heterocycles. The number of carbonyl (C=O) groups excluding carboxylic acids is 1. The summed E-state index contributed by atoms with van der Waals surface area (Å²) in [5, 5.41) is 3.11. The Bertz CT molecular complexity index is 649. The van der Waals surface area contributed by atoms with Crippen LogP contribution < -0.4 is 15.8 Å². The van der Waals surface area contributed by atoms with E-state index in [2.05, 4.69) is 5.32 Å². The SMILES string of the molecule is CSc1ccccc1OCC(=O)Nc1cc(N)ccc1Cl. The van der Waals surface area contributed by atoms with E-state index in [1.54, 1.807) is 30.0 Å². The number of carbonyl (C=O) groups is 1. The highest BCUT2D eigenvalue weighted by Gasteiger charge is 2.08. The number of benzene rings is 2. The van der Waals surface area contributed by atoms with Gasteiger partial charge in [0.25, 0.3) is 5.91 Å². The molecular formula is C15H15ClN2O2S. The number of halogens is 1. The van der Waals surface area contributed by atoms with Crippen molar-refractivity contribution in [3.63, 3.8) is 0 Å². The summed E-state index contributed by atoms with van der Waals surface area (Å²) in [7, 11) is 0. The molecule has 0 atom stereocenters. The van der Waals surface area contributed by atoms with E-state index in [-0.39, 0.29) is 12.5 Å². The molecule has 0 aliphatic carbocycles. The molecule has 2 aromatic carbocycles. The van der Waals surface area contributed by atoms with Gasteiger partial charge in [-0.3, -0.25) is 4.79 Å². The number of rotatable bonds is 5. The van der Waals surface area contributed by atoms with E-state index in [1.165, 1.54) is 0 Å². The molecule has 0 aliphatic heterocycles. The maximum absolute atomic E-state index is 11.9. The molecule has 2 rings (SSSR count). The highest BCUT2D eigenvalue weighted by atomic mass is 35.5. The van der Waals surface area contributed by atoms with E-state index in [0.29, 0.717) is 22.1 Å². The molecule has 0 spiro atoms. The minimum Gasteiger partial charge on any atom is -0.483 e. The maximum atomic E-state index is 11.9. The molecule has 1 amide bonds. The first-order valence-corrected chi connectivity index (χ1v) is 7.81. The van der Waals surface area contributed by atoms with Gasteiger partial charge < -0.3 is 15.8 Å². The number of para-hydroxylation sites is 1. The molecule has 0 saturated carbocycles. The number of nitrogen functional groups attached to an aromatic ring is 1. The summed E-state index contributed by atoms with van der Waals surface area (Å²) in [5.41, 5.74) is 6.67. The third kappa shape index (κ3) is 4.31. The fourth-order valence-electron chi connectivity index (χ4n) is 1.71. The maximum Gasteiger partial charge on any atom is 0.262 e. The first kappa shape index (κ1) is 15.5. The molecule has 4 nitrogen and oxygen atoms in total. The van der Waals surface area contributed by atoms with Crippen molar-refractivity contribution in [3.05, 3.63) is 47.5 Å². The zero-order valence-corrected chi connectivity index (χ0v) is 13.0. The van der Waals surface area contributed by atoms with Crippen molar-refractivity contribution in [1.82, 2.24) is 0 Å². The molecule has 0 radical (unpaired) electrons. The van der Waals surface area contributed by atoms with Gasteiger partial charge in [-0.15, -0.1) is 11.8 Å². The van der Waals surface area contributed by atoms with Crippen molar-refractivity contribution in [2.24, 2.45) is 0 Å². The average molecular weight is 323 g/mol. The van der Waals surface area contributed by atoms with Crippen molar-refractivity contribution in [3.8, 4) is 5.75 Å². The van der Waals surface area contributed by atoms with E-state index >= 15 is 0 Å². The summed E-state index contributed by atoms with van der Waals surface area (Å²) in [6.45, 7) is -0.0945. The van der Waals surface area contributed by atoms with Gasteiger partial charge in [-0.2, -0.15) is 0 Å². The van der Waals surface area contributed by atoms with Crippen LogP contribution in [-0.2, 0) is 4.79 Å². The van der Waals surface area contributed by atoms with Crippen LogP contribution in [0.4, 0.5) is 11.4 Å². The van der Waals surface area contributed by atoms with Gasteiger partial charge in [-0.25, -0.2) is 0 Å². The number of thioether (sulfide) groups is 1. The smallest absolute Gasteiger partial charge is 0.262 e. The molecule has 0 fully saturated rings. The highest BCUT2D eigenvalue weighted by molar-refractivity contribution is 7.98. The van der Waals surface area contributed by atoms with Crippen LogP contribution in [0.2, 0.25) is 5.02 Å². The Morgan fingerprint density at radius 1 is 1.33 bits per heavy atom. The third-order valence-electron chi connectivity index (χ3n) is 2.69. The molecule has 0 unspecified atom stereocenters. The van der Waals surface area contributed by atoms with Gasteiger partial charge in [-0.05, 0) is 36.6 Å². The number of ether oxygens (including phenoxy) is 1. The van der Waals surface area contributed by atoms with Crippen molar-refractivity contribution in [2.45, 2.75) is 4.90 Å². The van der Waals surface area contributed by atoms with Crippen LogP contribution in [0.25, 0.3) is 0 Å². The molecular weight excluding hydrogens is 308 g/mol. The summed E-state index contributed by atoms with van der Waals surface area (Å²) in [6.07, 6.45) is 1.95. The molecule has 21 heavy (non-hydrogen) atoms. The predicted molar refractivity (Wildman–Crippen MR) is 88.2 cm³/mol. The molecule has 110 valence electrons. The number of nitrogens with one attached hydrogen (secondary N) is 1. The Hall–Kier alpha value is -1.85. The minimum absolute atomic E-state index is 0.0945. The molecule has 0 aliphatic rings. The number of hydrogen-bond acceptors (Lipinski definition) is 4. The van der Waals surface area contributed by atoms with Crippen LogP contribution in [0.1, 0.15) is 0 Å². The number of amides is 1. The normalized spacial score (nSPS) is 10.2. The van der Waals surface area contributed by atoms with Crippen LogP contribution in [0.5, 0.6) is 5.75 Å². The number of hydrogen-bond donors (Lipinski definition) is 2. The summed E-state index contributed by atoms with van der Waals surface area (Å²) in [4.78, 5) is 12.9. The molecule has 2 aromatic rings. The Morgan fingerprint density at radius 3 is 2.86 bits per heavy atom. The van der Waals surface area contributed by atoms with Gasteiger partial charge >= 0.3 is 0 Å². The lowest BCUT2D eigenvalue weighted by Gasteiger charge is -2.11. The van der Waals surface area contributed by atoms with Crippen LogP contribution in [0, 0.1) is 0 Å². The zero-order chi connectivity index (χ0) is 15.2. The second kappa shape index (κ2) is 7.24. The van der Waals surface area contributed by atoms with Gasteiger partial charge in [-0.1, -0.05) is 23.7 Å². The minimum atomic E-state index is -0.293. The van der Waals surface area contributed by atoms with Gasteiger partial charge in [0, 0.05) is 10.6 Å². The van der Waals surface area contributed by atoms with Crippen LogP contribution in [0.3, 0.4) is 0 Å². The molecule has 0 saturated heterocycles. The van der Waals surface area contributed by atoms with E-state index in [0.717, 1.165) is 4.90 Å². The summed E-state index contributed by atoms with van der Waals surface area (Å²) < 4.78 is 5.52. The van der Waals surface area contributed by atoms with E-state index in [9.17, 15) is 4.79 Å². The average Bonchev–Trinajstić information content (AvgIpc) is 2.49. The van der Waals surface area contributed by atoms with Crippen molar-refractivity contribution < 1.29 is 9.53 Å². The van der Waals surface area contributed by atoms with Crippen LogP contribution in [0.15, 0.2) is 47.4 Å². The van der Waals surface area contributed by atoms with Gasteiger partial charge in [0.15, 0.2) is 6.61 Å². The quantitative estimate of drug-likeness (QED) is 0.651. The lowest BCUT2D eigenvalue weighted by Crippen LogP contribution is -2.20. The van der Waals surface area contributed by atoms with Gasteiger partial charge in [0.1, 0.15) is 5.75 Å². The zero-order valence-electron chi connectivity index (χ0n) is 11.4. The lowest BCUT2D eigenvalue weighted by atomic mass is 10.3. The number of anilines is 2. The second-order valence-corrected chi connectivity index (χ2v) is 5.48. The van der Waals surface area contributed by atoms with E-state index < -0.39 is 0 Å². The van der Waals surface area contributed by atoms with Crippen molar-refractivity contribution >= 4 is 40.6 Å². The molecule has 3 N–H and O–H groups in total. The van der Waals surface area contributed by atoms with Crippen molar-refractivity contribution in [2.75, 3.05) is 23.9 Å². The topological polar surface area (TPSA) is 64.3 Å². The van der Waals surface area contributed by atoms with E-state index in [1.807, 2.05) is 30.5 Å². The summed E-state index contributed by atoms with van der Waals surface area (Å²) >= 11 is 7.55. The second-order valence-electron chi connectivity index (χ2n) is 4.23. The molecule has 0 bridgehead atoms. The molecule has 6 heteroatoms. The summed E-state index contributed by atoms with van der Waals surface area (Å²) in [6, 6.07) is 12.5. The largest absolute Gasteiger partial charge is 0.483 e. The Labute approximate surface area is 132 Å². The Kier molecular flexibility index (Phi) is 5.36. The van der Waals surface area contributed by atoms with Crippen molar-refractivity contribution in [1.29, 1.82) is 0 Å². The fraction of sp³-hybridized carbons (Fsp3) is 0.133. The monoisotopic (exact) mass is 322 g/mol. The lowest BCUT2D eigenvalue weighted by molar-refractivity contribution is -0.118. The van der Waals surface area contributed by atoms with Crippen LogP contribution in [-0.4, -0.2) is 18.8 Å². The predicted octanol–water partition coefficient (Wildman–Crippen LogP) is 3.66. The first-order valence-electron chi connectivity index (χ1n) is 6.21. The van der Waals surface area contributed by atoms with Gasteiger partial charge in [0.2, 0.25) is 0 Å². The Morgan fingerprint density at radius 2 is 2.10 bits per heavy atom. The van der Waals surface area contributed by atoms with Gasteiger partial charge in [0.05, 0.1) is 10.7 Å². The standard InChI is InChI=1S/C15H15ClN2O2S/c1-21-14-5-3-2-4-13(14)20-9-15(19)18-12-8-10(17)6-7-11(12)16/h2-8H,9,17H2,1H3,(H,18,19). The Balaban J connectivity index is 1.97. The third-order valence-corrected chi connectivity index (χ3v) is 3.80. The first-order chi connectivity index (χ1) is 10.1. The molecule has 0 heterocycles.